The molecule has 16 heavy (non-hydrogen) atoms. The van der Waals surface area contributed by atoms with Crippen molar-refractivity contribution in [1.29, 1.82) is 0 Å². The number of ether oxygens (including phenoxy) is 1. The predicted molar refractivity (Wildman–Crippen MR) is 68.0 cm³/mol. The Morgan fingerprint density at radius 2 is 2.31 bits per heavy atom. The number of hydrogen-bond donors (Lipinski definition) is 1. The molecule has 0 aromatic carbocycles. The smallest absolute Gasteiger partial charge is 0.322 e. The van der Waals surface area contributed by atoms with E-state index >= 15 is 0 Å². The molecule has 0 saturated heterocycles. The molecule has 0 saturated carbocycles. The van der Waals surface area contributed by atoms with Crippen LogP contribution in [0.25, 0.3) is 0 Å². The van der Waals surface area contributed by atoms with Crippen LogP contribution < -0.4 is 5.32 Å². The quantitative estimate of drug-likeness (QED) is 0.845. The Morgan fingerprint density at radius 3 is 2.88 bits per heavy atom. The van der Waals surface area contributed by atoms with E-state index in [1.165, 1.54) is 7.11 Å². The molecule has 6 heteroatoms. The molecule has 0 radical (unpaired) electrons. The van der Waals surface area contributed by atoms with Crippen LogP contribution >= 0.6 is 31.9 Å². The molecule has 0 bridgehead atoms. The molecule has 88 valence electrons. The normalized spacial score (nSPS) is 12.2. The van der Waals surface area contributed by atoms with E-state index in [1.54, 1.807) is 13.1 Å². The van der Waals surface area contributed by atoms with Crippen LogP contribution in [0.1, 0.15) is 12.6 Å². The van der Waals surface area contributed by atoms with E-state index in [0.717, 1.165) is 14.6 Å². The number of methoxy groups -OCH3 is 1. The van der Waals surface area contributed by atoms with Gasteiger partial charge >= 0.3 is 5.97 Å². The molecule has 0 fully saturated rings. The summed E-state index contributed by atoms with van der Waals surface area (Å²) in [6.45, 7) is 2.25. The highest BCUT2D eigenvalue weighted by molar-refractivity contribution is 9.11. The molecule has 1 rings (SSSR count). The minimum Gasteiger partial charge on any atom is -0.468 e. The summed E-state index contributed by atoms with van der Waals surface area (Å²) in [6.07, 6.45) is 1.71. The van der Waals surface area contributed by atoms with Crippen LogP contribution in [0.5, 0.6) is 0 Å². The van der Waals surface area contributed by atoms with Crippen LogP contribution in [0, 0.1) is 0 Å². The van der Waals surface area contributed by atoms with Crippen LogP contribution in [0.4, 0.5) is 0 Å². The van der Waals surface area contributed by atoms with Crippen LogP contribution in [0.2, 0.25) is 0 Å². The van der Waals surface area contributed by atoms with Gasteiger partial charge in [0, 0.05) is 21.7 Å². The Bertz CT molecular complexity index is 385. The van der Waals surface area contributed by atoms with Crippen molar-refractivity contribution in [3.8, 4) is 0 Å². The van der Waals surface area contributed by atoms with Gasteiger partial charge in [0.1, 0.15) is 6.04 Å². The summed E-state index contributed by atoms with van der Waals surface area (Å²) in [5.41, 5.74) is 0.846. The van der Waals surface area contributed by atoms with Crippen molar-refractivity contribution in [2.45, 2.75) is 19.5 Å². The maximum atomic E-state index is 11.1. The zero-order chi connectivity index (χ0) is 12.1. The van der Waals surface area contributed by atoms with Crippen molar-refractivity contribution in [2.24, 2.45) is 0 Å². The maximum absolute atomic E-state index is 11.1. The first kappa shape index (κ1) is 13.6. The lowest BCUT2D eigenvalue weighted by atomic mass is 10.3. The van der Waals surface area contributed by atoms with Crippen LogP contribution in [-0.4, -0.2) is 24.1 Å². The summed E-state index contributed by atoms with van der Waals surface area (Å²) in [7, 11) is 1.37. The molecule has 1 heterocycles. The molecule has 4 nitrogen and oxygen atoms in total. The van der Waals surface area contributed by atoms with Crippen molar-refractivity contribution < 1.29 is 9.53 Å². The Hall–Kier alpha value is -0.460. The van der Waals surface area contributed by atoms with Gasteiger partial charge in [0.05, 0.1) is 12.8 Å². The number of hydrogen-bond acceptors (Lipinski definition) is 4. The lowest BCUT2D eigenvalue weighted by molar-refractivity contribution is -0.142. The molecule has 0 amide bonds. The fourth-order valence-electron chi connectivity index (χ4n) is 1.08. The SMILES string of the molecule is COC(=O)[C@H](C)NCc1ncc(Br)cc1Br. The van der Waals surface area contributed by atoms with E-state index in [2.05, 4.69) is 46.9 Å². The number of pyridine rings is 1. The van der Waals surface area contributed by atoms with Crippen molar-refractivity contribution in [2.75, 3.05) is 7.11 Å². The van der Waals surface area contributed by atoms with Gasteiger partial charge < -0.3 is 4.74 Å². The van der Waals surface area contributed by atoms with Gasteiger partial charge in [-0.25, -0.2) is 0 Å². The maximum Gasteiger partial charge on any atom is 0.322 e. The van der Waals surface area contributed by atoms with E-state index in [-0.39, 0.29) is 12.0 Å². The molecule has 1 aromatic rings. The minimum absolute atomic E-state index is 0.284. The van der Waals surface area contributed by atoms with Gasteiger partial charge in [-0.1, -0.05) is 0 Å². The largest absolute Gasteiger partial charge is 0.468 e. The predicted octanol–water partition coefficient (Wildman–Crippen LogP) is 2.26. The summed E-state index contributed by atoms with van der Waals surface area (Å²) >= 11 is 6.73. The third-order valence-corrected chi connectivity index (χ3v) is 3.13. The fourth-order valence-corrected chi connectivity index (χ4v) is 2.21. The number of rotatable bonds is 4. The molecule has 0 unspecified atom stereocenters. The Balaban J connectivity index is 2.58. The van der Waals surface area contributed by atoms with Crippen LogP contribution in [0.3, 0.4) is 0 Å². The average Bonchev–Trinajstić information content (AvgIpc) is 2.26. The number of carbonyl (C=O) groups excluding carboxylic acids is 1. The Labute approximate surface area is 111 Å². The highest BCUT2D eigenvalue weighted by atomic mass is 79.9. The number of nitrogens with zero attached hydrogens (tertiary/aromatic N) is 1. The first-order chi connectivity index (χ1) is 7.54. The minimum atomic E-state index is -0.345. The summed E-state index contributed by atoms with van der Waals surface area (Å²) < 4.78 is 6.41. The number of aromatic nitrogens is 1. The van der Waals surface area contributed by atoms with Gasteiger partial charge in [-0.2, -0.15) is 0 Å². The molecular weight excluding hydrogens is 340 g/mol. The van der Waals surface area contributed by atoms with Gasteiger partial charge in [-0.3, -0.25) is 15.1 Å². The van der Waals surface area contributed by atoms with Crippen molar-refractivity contribution in [1.82, 2.24) is 10.3 Å². The second-order valence-corrected chi connectivity index (χ2v) is 4.98. The second kappa shape index (κ2) is 6.32. The molecule has 0 spiro atoms. The Morgan fingerprint density at radius 1 is 1.62 bits per heavy atom. The van der Waals surface area contributed by atoms with Crippen molar-refractivity contribution in [3.63, 3.8) is 0 Å². The second-order valence-electron chi connectivity index (χ2n) is 3.21. The molecule has 1 N–H and O–H groups in total. The van der Waals surface area contributed by atoms with Crippen molar-refractivity contribution >= 4 is 37.8 Å². The molecule has 1 aromatic heterocycles. The van der Waals surface area contributed by atoms with Gasteiger partial charge in [-0.15, -0.1) is 0 Å². The third-order valence-electron chi connectivity index (χ3n) is 2.01. The van der Waals surface area contributed by atoms with E-state index in [0.29, 0.717) is 6.54 Å². The van der Waals surface area contributed by atoms with E-state index in [1.807, 2.05) is 6.07 Å². The van der Waals surface area contributed by atoms with Gasteiger partial charge in [0.25, 0.3) is 0 Å². The molecule has 0 aliphatic rings. The van der Waals surface area contributed by atoms with Gasteiger partial charge in [0.15, 0.2) is 0 Å². The Kier molecular flexibility index (Phi) is 5.37. The number of halogens is 2. The number of carbonyl (C=O) groups is 1. The molecule has 0 aliphatic carbocycles. The highest BCUT2D eigenvalue weighted by Gasteiger charge is 2.12. The van der Waals surface area contributed by atoms with E-state index < -0.39 is 0 Å². The van der Waals surface area contributed by atoms with Gasteiger partial charge in [0.2, 0.25) is 0 Å². The highest BCUT2D eigenvalue weighted by Crippen LogP contribution is 2.19. The number of esters is 1. The van der Waals surface area contributed by atoms with Gasteiger partial charge in [-0.05, 0) is 44.8 Å². The first-order valence-electron chi connectivity index (χ1n) is 4.65. The molecular formula is C10H12Br2N2O2. The van der Waals surface area contributed by atoms with Crippen LogP contribution in [0.15, 0.2) is 21.2 Å². The fraction of sp³-hybridized carbons (Fsp3) is 0.400. The number of nitrogens with one attached hydrogen (secondary N) is 1. The molecule has 1 atom stereocenters. The third kappa shape index (κ3) is 3.84. The lowest BCUT2D eigenvalue weighted by Crippen LogP contribution is -2.34. The summed E-state index contributed by atoms with van der Waals surface area (Å²) in [5, 5.41) is 3.03. The topological polar surface area (TPSA) is 51.2 Å². The summed E-state index contributed by atoms with van der Waals surface area (Å²) in [5.74, 6) is -0.284. The zero-order valence-corrected chi connectivity index (χ0v) is 12.1. The summed E-state index contributed by atoms with van der Waals surface area (Å²) in [4.78, 5) is 15.4. The van der Waals surface area contributed by atoms with E-state index in [9.17, 15) is 4.79 Å². The van der Waals surface area contributed by atoms with E-state index in [4.69, 9.17) is 0 Å². The first-order valence-corrected chi connectivity index (χ1v) is 6.24. The summed E-state index contributed by atoms with van der Waals surface area (Å²) in [6, 6.07) is 1.56. The molecule has 0 aliphatic heterocycles. The monoisotopic (exact) mass is 350 g/mol. The lowest BCUT2D eigenvalue weighted by Gasteiger charge is -2.11. The zero-order valence-electron chi connectivity index (χ0n) is 8.96. The van der Waals surface area contributed by atoms with Crippen LogP contribution in [-0.2, 0) is 16.1 Å². The average molecular weight is 352 g/mol. The van der Waals surface area contributed by atoms with Crippen molar-refractivity contribution in [3.05, 3.63) is 26.9 Å². The standard InChI is InChI=1S/C10H12Br2N2O2/c1-6(10(15)16-2)13-5-9-8(12)3-7(11)4-14-9/h3-4,6,13H,5H2,1-2H3/t6-/m0/s1.